The second-order valence-electron chi connectivity index (χ2n) is 7.68. The highest BCUT2D eigenvalue weighted by molar-refractivity contribution is 6.05. The summed E-state index contributed by atoms with van der Waals surface area (Å²) in [5, 5.41) is 16.6. The van der Waals surface area contributed by atoms with Crippen LogP contribution < -0.4 is 10.6 Å². The van der Waals surface area contributed by atoms with Gasteiger partial charge >= 0.3 is 0 Å². The summed E-state index contributed by atoms with van der Waals surface area (Å²) in [6.07, 6.45) is 2.14. The van der Waals surface area contributed by atoms with Crippen molar-refractivity contribution in [1.29, 1.82) is 0 Å². The quantitative estimate of drug-likeness (QED) is 0.746. The van der Waals surface area contributed by atoms with Gasteiger partial charge in [0.1, 0.15) is 0 Å². The lowest BCUT2D eigenvalue weighted by Crippen LogP contribution is -2.37. The highest BCUT2D eigenvalue weighted by Crippen LogP contribution is 2.38. The van der Waals surface area contributed by atoms with Crippen molar-refractivity contribution in [3.63, 3.8) is 0 Å². The number of benzene rings is 1. The normalized spacial score (nSPS) is 22.2. The van der Waals surface area contributed by atoms with Crippen LogP contribution in [-0.4, -0.2) is 48.2 Å². The number of amides is 1. The zero-order valence-electron chi connectivity index (χ0n) is 14.9. The molecule has 132 valence electrons. The number of anilines is 1. The monoisotopic (exact) mass is 331 g/mol. The van der Waals surface area contributed by atoms with Crippen LogP contribution in [0.1, 0.15) is 50.8 Å². The fraction of sp³-hybridized carbons (Fsp3) is 0.632. The molecule has 3 rings (SSSR count). The van der Waals surface area contributed by atoms with Gasteiger partial charge in [0.2, 0.25) is 5.91 Å². The number of hydrogen-bond acceptors (Lipinski definition) is 4. The van der Waals surface area contributed by atoms with Crippen LogP contribution in [0.3, 0.4) is 0 Å². The van der Waals surface area contributed by atoms with E-state index in [1.165, 1.54) is 12.8 Å². The van der Waals surface area contributed by atoms with Gasteiger partial charge < -0.3 is 20.6 Å². The van der Waals surface area contributed by atoms with E-state index in [2.05, 4.69) is 28.5 Å². The molecule has 1 aromatic rings. The zero-order chi connectivity index (χ0) is 17.3. The lowest BCUT2D eigenvalue weighted by molar-refractivity contribution is -0.119. The number of carbonyl (C=O) groups is 1. The third-order valence-electron chi connectivity index (χ3n) is 5.36. The molecule has 24 heavy (non-hydrogen) atoms. The van der Waals surface area contributed by atoms with E-state index in [1.807, 2.05) is 26.0 Å². The Kier molecular flexibility index (Phi) is 4.95. The minimum atomic E-state index is -0.486. The zero-order valence-corrected chi connectivity index (χ0v) is 14.9. The number of carbonyl (C=O) groups excluding carboxylic acids is 1. The molecule has 1 saturated heterocycles. The number of nitrogens with one attached hydrogen (secondary N) is 2. The molecule has 2 aliphatic rings. The lowest BCUT2D eigenvalue weighted by Gasteiger charge is -2.23. The van der Waals surface area contributed by atoms with Crippen LogP contribution in [0.15, 0.2) is 18.2 Å². The van der Waals surface area contributed by atoms with Crippen LogP contribution in [0.4, 0.5) is 5.69 Å². The predicted octanol–water partition coefficient (Wildman–Crippen LogP) is 2.02. The molecule has 1 amide bonds. The maximum absolute atomic E-state index is 12.0. The Balaban J connectivity index is 1.58. The molecule has 0 aliphatic carbocycles. The molecule has 0 aromatic heterocycles. The van der Waals surface area contributed by atoms with Gasteiger partial charge in [-0.1, -0.05) is 12.1 Å². The molecule has 1 fully saturated rings. The van der Waals surface area contributed by atoms with Crippen LogP contribution in [-0.2, 0) is 10.2 Å². The van der Waals surface area contributed by atoms with Crippen LogP contribution in [0.25, 0.3) is 0 Å². The van der Waals surface area contributed by atoms with Crippen molar-refractivity contribution in [2.75, 3.05) is 31.5 Å². The summed E-state index contributed by atoms with van der Waals surface area (Å²) in [6.45, 7) is 9.54. The largest absolute Gasteiger partial charge is 0.390 e. The summed E-state index contributed by atoms with van der Waals surface area (Å²) in [5.74, 6) is 0.0521. The second-order valence-corrected chi connectivity index (χ2v) is 7.68. The molecule has 2 heterocycles. The lowest BCUT2D eigenvalue weighted by atomic mass is 9.85. The van der Waals surface area contributed by atoms with Gasteiger partial charge in [0.15, 0.2) is 0 Å². The Labute approximate surface area is 144 Å². The minimum absolute atomic E-state index is 0.0521. The average Bonchev–Trinajstić information content (AvgIpc) is 3.12. The number of hydrogen-bond donors (Lipinski definition) is 3. The highest BCUT2D eigenvalue weighted by Gasteiger charge is 2.38. The topological polar surface area (TPSA) is 64.6 Å². The molecule has 1 aromatic carbocycles. The SMILES string of the molecule is CC(NCC(O)CN1CCCC1)c1ccc2c(c1)C(C)(C)C(=O)N2. The summed E-state index contributed by atoms with van der Waals surface area (Å²) in [6, 6.07) is 6.27. The number of aliphatic hydroxyl groups is 1. The van der Waals surface area contributed by atoms with Gasteiger partial charge in [-0.2, -0.15) is 0 Å². The average molecular weight is 331 g/mol. The first-order chi connectivity index (χ1) is 11.4. The standard InChI is InChI=1S/C19H29N3O2/c1-13(20-11-15(23)12-22-8-4-5-9-22)14-6-7-17-16(10-14)19(2,3)18(24)21-17/h6-7,10,13,15,20,23H,4-5,8-9,11-12H2,1-3H3,(H,21,24). The number of likely N-dealkylation sites (tertiary alicyclic amines) is 1. The van der Waals surface area contributed by atoms with Gasteiger partial charge in [0.25, 0.3) is 0 Å². The van der Waals surface area contributed by atoms with Crippen molar-refractivity contribution in [2.45, 2.75) is 51.2 Å². The van der Waals surface area contributed by atoms with Crippen LogP contribution >= 0.6 is 0 Å². The van der Waals surface area contributed by atoms with E-state index in [1.54, 1.807) is 0 Å². The molecule has 0 radical (unpaired) electrons. The molecule has 2 atom stereocenters. The summed E-state index contributed by atoms with van der Waals surface area (Å²) < 4.78 is 0. The molecular formula is C19H29N3O2. The molecule has 5 nitrogen and oxygen atoms in total. The van der Waals surface area contributed by atoms with E-state index in [4.69, 9.17) is 0 Å². The van der Waals surface area contributed by atoms with Crippen molar-refractivity contribution >= 4 is 11.6 Å². The summed E-state index contributed by atoms with van der Waals surface area (Å²) in [5.41, 5.74) is 2.62. The minimum Gasteiger partial charge on any atom is -0.390 e. The molecule has 2 aliphatic heterocycles. The van der Waals surface area contributed by atoms with E-state index in [0.717, 1.165) is 36.4 Å². The number of fused-ring (bicyclic) bond motifs is 1. The van der Waals surface area contributed by atoms with Gasteiger partial charge in [0.05, 0.1) is 11.5 Å². The predicted molar refractivity (Wildman–Crippen MR) is 96.2 cm³/mol. The number of nitrogens with zero attached hydrogens (tertiary/aromatic N) is 1. The smallest absolute Gasteiger partial charge is 0.234 e. The Morgan fingerprint density at radius 2 is 2.04 bits per heavy atom. The van der Waals surface area contributed by atoms with Crippen molar-refractivity contribution < 1.29 is 9.90 Å². The first-order valence-electron chi connectivity index (χ1n) is 8.97. The van der Waals surface area contributed by atoms with Crippen LogP contribution in [0.5, 0.6) is 0 Å². The highest BCUT2D eigenvalue weighted by atomic mass is 16.3. The molecule has 0 saturated carbocycles. The second kappa shape index (κ2) is 6.82. The fourth-order valence-corrected chi connectivity index (χ4v) is 3.62. The first kappa shape index (κ1) is 17.4. The van der Waals surface area contributed by atoms with Gasteiger partial charge in [0, 0.05) is 24.8 Å². The Morgan fingerprint density at radius 1 is 1.33 bits per heavy atom. The maximum atomic E-state index is 12.0. The van der Waals surface area contributed by atoms with E-state index < -0.39 is 5.41 Å². The third kappa shape index (κ3) is 3.48. The summed E-state index contributed by atoms with van der Waals surface area (Å²) >= 11 is 0. The number of rotatable bonds is 6. The van der Waals surface area contributed by atoms with Gasteiger partial charge in [-0.25, -0.2) is 0 Å². The third-order valence-corrected chi connectivity index (χ3v) is 5.36. The molecule has 2 unspecified atom stereocenters. The van der Waals surface area contributed by atoms with Crippen molar-refractivity contribution in [2.24, 2.45) is 0 Å². The Bertz CT molecular complexity index is 609. The van der Waals surface area contributed by atoms with Crippen molar-refractivity contribution in [3.8, 4) is 0 Å². The van der Waals surface area contributed by atoms with E-state index in [9.17, 15) is 9.90 Å². The van der Waals surface area contributed by atoms with Gasteiger partial charge in [-0.15, -0.1) is 0 Å². The molecular weight excluding hydrogens is 302 g/mol. The van der Waals surface area contributed by atoms with Crippen molar-refractivity contribution in [3.05, 3.63) is 29.3 Å². The Morgan fingerprint density at radius 3 is 2.75 bits per heavy atom. The Hall–Kier alpha value is -1.43. The van der Waals surface area contributed by atoms with Crippen molar-refractivity contribution in [1.82, 2.24) is 10.2 Å². The first-order valence-corrected chi connectivity index (χ1v) is 8.97. The molecule has 3 N–H and O–H groups in total. The number of β-amino-alcohol motifs (C(OH)–C–C–N with tert-alkyl or cyclic N) is 1. The molecule has 0 spiro atoms. The number of aliphatic hydroxyl groups excluding tert-OH is 1. The van der Waals surface area contributed by atoms with Crippen LogP contribution in [0, 0.1) is 0 Å². The van der Waals surface area contributed by atoms with Gasteiger partial charge in [-0.05, 0) is 63.9 Å². The van der Waals surface area contributed by atoms with E-state index in [0.29, 0.717) is 6.54 Å². The summed E-state index contributed by atoms with van der Waals surface area (Å²) in [4.78, 5) is 14.4. The van der Waals surface area contributed by atoms with Crippen LogP contribution in [0.2, 0.25) is 0 Å². The maximum Gasteiger partial charge on any atom is 0.234 e. The summed E-state index contributed by atoms with van der Waals surface area (Å²) in [7, 11) is 0. The van der Waals surface area contributed by atoms with E-state index >= 15 is 0 Å². The van der Waals surface area contributed by atoms with Gasteiger partial charge in [-0.3, -0.25) is 4.79 Å². The molecule has 5 heteroatoms. The molecule has 0 bridgehead atoms. The van der Waals surface area contributed by atoms with E-state index in [-0.39, 0.29) is 18.1 Å². The fourth-order valence-electron chi connectivity index (χ4n) is 3.62.